The highest BCUT2D eigenvalue weighted by molar-refractivity contribution is 4.98. The highest BCUT2D eigenvalue weighted by Gasteiger charge is 2.19. The smallest absolute Gasteiger partial charge is 0.195 e. The predicted molar refractivity (Wildman–Crippen MR) is 54.1 cm³/mol. The Morgan fingerprint density at radius 1 is 1.57 bits per heavy atom. The van der Waals surface area contributed by atoms with Crippen LogP contribution in [-0.4, -0.2) is 24.2 Å². The lowest BCUT2D eigenvalue weighted by atomic mass is 10.0. The summed E-state index contributed by atoms with van der Waals surface area (Å²) in [5.74, 6) is 1.55. The van der Waals surface area contributed by atoms with Crippen molar-refractivity contribution in [3.8, 4) is 0 Å². The van der Waals surface area contributed by atoms with Gasteiger partial charge < -0.3 is 14.9 Å². The monoisotopic (exact) mass is 198 g/mol. The van der Waals surface area contributed by atoms with Crippen LogP contribution in [0.3, 0.4) is 0 Å². The summed E-state index contributed by atoms with van der Waals surface area (Å²) in [6.07, 6.45) is 3.15. The van der Waals surface area contributed by atoms with Gasteiger partial charge in [0.2, 0.25) is 0 Å². The maximum atomic E-state index is 5.49. The molecular formula is C10H18N2O2. The average Bonchev–Trinajstić information content (AvgIpc) is 2.53. The number of ether oxygens (including phenoxy) is 1. The van der Waals surface area contributed by atoms with Crippen molar-refractivity contribution >= 4 is 0 Å². The van der Waals surface area contributed by atoms with Crippen LogP contribution < -0.4 is 5.73 Å². The van der Waals surface area contributed by atoms with Crippen molar-refractivity contribution in [1.29, 1.82) is 0 Å². The minimum absolute atomic E-state index is 0.209. The third-order valence-electron chi connectivity index (χ3n) is 2.11. The van der Waals surface area contributed by atoms with Gasteiger partial charge in [0, 0.05) is 26.5 Å². The first-order valence-electron chi connectivity index (χ1n) is 4.76. The summed E-state index contributed by atoms with van der Waals surface area (Å²) in [5, 5.41) is 0. The van der Waals surface area contributed by atoms with Crippen LogP contribution in [0, 0.1) is 0 Å². The standard InChI is InChI=1S/C10H18N2O2/c1-10(2,13-3)6-8-7-12-9(14-8)4-5-11/h7H,4-6,11H2,1-3H3. The quantitative estimate of drug-likeness (QED) is 0.770. The van der Waals surface area contributed by atoms with E-state index in [0.29, 0.717) is 18.9 Å². The first kappa shape index (κ1) is 11.2. The molecular weight excluding hydrogens is 180 g/mol. The number of hydrogen-bond acceptors (Lipinski definition) is 4. The Labute approximate surface area is 84.5 Å². The summed E-state index contributed by atoms with van der Waals surface area (Å²) in [4.78, 5) is 4.12. The summed E-state index contributed by atoms with van der Waals surface area (Å²) in [5.41, 5.74) is 5.19. The zero-order chi connectivity index (χ0) is 10.6. The fourth-order valence-electron chi connectivity index (χ4n) is 1.16. The van der Waals surface area contributed by atoms with Gasteiger partial charge >= 0.3 is 0 Å². The summed E-state index contributed by atoms with van der Waals surface area (Å²) in [6.45, 7) is 4.59. The zero-order valence-corrected chi connectivity index (χ0v) is 9.04. The number of hydrogen-bond donors (Lipinski definition) is 1. The van der Waals surface area contributed by atoms with Crippen molar-refractivity contribution in [3.63, 3.8) is 0 Å². The summed E-state index contributed by atoms with van der Waals surface area (Å²) >= 11 is 0. The normalized spacial score (nSPS) is 12.0. The Hall–Kier alpha value is -0.870. The molecule has 0 fully saturated rings. The molecule has 14 heavy (non-hydrogen) atoms. The minimum Gasteiger partial charge on any atom is -0.446 e. The minimum atomic E-state index is -0.209. The van der Waals surface area contributed by atoms with Crippen LogP contribution >= 0.6 is 0 Å². The van der Waals surface area contributed by atoms with E-state index in [2.05, 4.69) is 4.98 Å². The third kappa shape index (κ3) is 3.12. The number of nitrogens with two attached hydrogens (primary N) is 1. The molecule has 4 heteroatoms. The van der Waals surface area contributed by atoms with Crippen LogP contribution in [0.5, 0.6) is 0 Å². The van der Waals surface area contributed by atoms with E-state index in [1.807, 2.05) is 13.8 Å². The van der Waals surface area contributed by atoms with Crippen molar-refractivity contribution in [2.75, 3.05) is 13.7 Å². The van der Waals surface area contributed by atoms with Crippen molar-refractivity contribution in [1.82, 2.24) is 4.98 Å². The molecule has 0 unspecified atom stereocenters. The Balaban J connectivity index is 2.59. The Kier molecular flexibility index (Phi) is 3.66. The molecule has 1 heterocycles. The van der Waals surface area contributed by atoms with Gasteiger partial charge in [0.15, 0.2) is 5.89 Å². The lowest BCUT2D eigenvalue weighted by Crippen LogP contribution is -2.25. The third-order valence-corrected chi connectivity index (χ3v) is 2.11. The van der Waals surface area contributed by atoms with Gasteiger partial charge in [0.1, 0.15) is 5.76 Å². The molecule has 0 saturated heterocycles. The Bertz CT molecular complexity index is 281. The Morgan fingerprint density at radius 3 is 2.86 bits per heavy atom. The van der Waals surface area contributed by atoms with E-state index in [1.165, 1.54) is 0 Å². The Morgan fingerprint density at radius 2 is 2.29 bits per heavy atom. The maximum Gasteiger partial charge on any atom is 0.195 e. The van der Waals surface area contributed by atoms with Crippen molar-refractivity contribution < 1.29 is 9.15 Å². The molecule has 0 saturated carbocycles. The molecule has 0 aliphatic carbocycles. The van der Waals surface area contributed by atoms with Crippen LogP contribution in [0.25, 0.3) is 0 Å². The summed E-state index contributed by atoms with van der Waals surface area (Å²) in [7, 11) is 1.69. The van der Waals surface area contributed by atoms with Gasteiger partial charge in [-0.3, -0.25) is 0 Å². The van der Waals surface area contributed by atoms with E-state index in [-0.39, 0.29) is 5.60 Å². The second kappa shape index (κ2) is 4.57. The molecule has 0 atom stereocenters. The molecule has 0 amide bonds. The van der Waals surface area contributed by atoms with E-state index in [0.717, 1.165) is 12.2 Å². The first-order chi connectivity index (χ1) is 6.57. The highest BCUT2D eigenvalue weighted by atomic mass is 16.5. The number of nitrogens with zero attached hydrogens (tertiary/aromatic N) is 1. The maximum absolute atomic E-state index is 5.49. The SMILES string of the molecule is COC(C)(C)Cc1cnc(CCN)o1. The van der Waals surface area contributed by atoms with E-state index in [4.69, 9.17) is 14.9 Å². The van der Waals surface area contributed by atoms with Gasteiger partial charge in [-0.25, -0.2) is 4.98 Å². The van der Waals surface area contributed by atoms with Gasteiger partial charge in [-0.2, -0.15) is 0 Å². The molecule has 1 aromatic rings. The number of rotatable bonds is 5. The molecule has 1 rings (SSSR count). The first-order valence-corrected chi connectivity index (χ1v) is 4.76. The lowest BCUT2D eigenvalue weighted by molar-refractivity contribution is 0.0190. The molecule has 0 radical (unpaired) electrons. The topological polar surface area (TPSA) is 61.3 Å². The average molecular weight is 198 g/mol. The van der Waals surface area contributed by atoms with Crippen LogP contribution in [0.1, 0.15) is 25.5 Å². The van der Waals surface area contributed by atoms with E-state index in [1.54, 1.807) is 13.3 Å². The van der Waals surface area contributed by atoms with Gasteiger partial charge in [-0.05, 0) is 13.8 Å². The second-order valence-corrected chi connectivity index (χ2v) is 3.90. The van der Waals surface area contributed by atoms with Crippen molar-refractivity contribution in [2.24, 2.45) is 5.73 Å². The molecule has 1 aromatic heterocycles. The fourth-order valence-corrected chi connectivity index (χ4v) is 1.16. The molecule has 4 nitrogen and oxygen atoms in total. The van der Waals surface area contributed by atoms with Crippen LogP contribution in [0.2, 0.25) is 0 Å². The fraction of sp³-hybridized carbons (Fsp3) is 0.700. The van der Waals surface area contributed by atoms with Gasteiger partial charge in [0.25, 0.3) is 0 Å². The molecule has 0 spiro atoms. The van der Waals surface area contributed by atoms with E-state index < -0.39 is 0 Å². The molecule has 0 aromatic carbocycles. The van der Waals surface area contributed by atoms with Crippen molar-refractivity contribution in [3.05, 3.63) is 17.8 Å². The number of aromatic nitrogens is 1. The van der Waals surface area contributed by atoms with Gasteiger partial charge in [0.05, 0.1) is 11.8 Å². The van der Waals surface area contributed by atoms with Gasteiger partial charge in [-0.1, -0.05) is 0 Å². The molecule has 2 N–H and O–H groups in total. The second-order valence-electron chi connectivity index (χ2n) is 3.90. The number of methoxy groups -OCH3 is 1. The summed E-state index contributed by atoms with van der Waals surface area (Å²) < 4.78 is 10.8. The summed E-state index contributed by atoms with van der Waals surface area (Å²) in [6, 6.07) is 0. The van der Waals surface area contributed by atoms with Crippen LogP contribution in [0.15, 0.2) is 10.6 Å². The molecule has 0 aliphatic rings. The predicted octanol–water partition coefficient (Wildman–Crippen LogP) is 1.14. The van der Waals surface area contributed by atoms with E-state index in [9.17, 15) is 0 Å². The largest absolute Gasteiger partial charge is 0.446 e. The zero-order valence-electron chi connectivity index (χ0n) is 9.04. The van der Waals surface area contributed by atoms with Gasteiger partial charge in [-0.15, -0.1) is 0 Å². The lowest BCUT2D eigenvalue weighted by Gasteiger charge is -2.20. The highest BCUT2D eigenvalue weighted by Crippen LogP contribution is 2.16. The number of oxazole rings is 1. The van der Waals surface area contributed by atoms with Crippen molar-refractivity contribution in [2.45, 2.75) is 32.3 Å². The van der Waals surface area contributed by atoms with Crippen LogP contribution in [-0.2, 0) is 17.6 Å². The molecule has 0 bridgehead atoms. The van der Waals surface area contributed by atoms with E-state index >= 15 is 0 Å². The van der Waals surface area contributed by atoms with Crippen LogP contribution in [0.4, 0.5) is 0 Å². The molecule has 0 aliphatic heterocycles. The molecule has 80 valence electrons.